The highest BCUT2D eigenvalue weighted by atomic mass is 35.5. The van der Waals surface area contributed by atoms with Gasteiger partial charge in [-0.2, -0.15) is 4.68 Å². The van der Waals surface area contributed by atoms with E-state index in [1.165, 1.54) is 21.6 Å². The zero-order valence-electron chi connectivity index (χ0n) is 17.3. The molecule has 2 N–H and O–H groups in total. The van der Waals surface area contributed by atoms with Crippen molar-refractivity contribution in [1.82, 2.24) is 14.8 Å². The van der Waals surface area contributed by atoms with Crippen LogP contribution in [-0.2, 0) is 11.2 Å². The lowest BCUT2D eigenvalue weighted by Crippen LogP contribution is -2.22. The van der Waals surface area contributed by atoms with Crippen LogP contribution in [-0.4, -0.2) is 20.7 Å². The molecule has 0 fully saturated rings. The van der Waals surface area contributed by atoms with E-state index in [-0.39, 0.29) is 17.9 Å². The van der Waals surface area contributed by atoms with Gasteiger partial charge in [0, 0.05) is 32.9 Å². The lowest BCUT2D eigenvalue weighted by Gasteiger charge is -2.09. The van der Waals surface area contributed by atoms with Crippen molar-refractivity contribution in [2.75, 3.05) is 5.32 Å². The molecule has 0 radical (unpaired) electrons. The minimum absolute atomic E-state index is 0.0453. The molecule has 0 aliphatic rings. The smallest absolute Gasteiger partial charge is 0.277 e. The monoisotopic (exact) mass is 452 g/mol. The van der Waals surface area contributed by atoms with Gasteiger partial charge in [-0.1, -0.05) is 47.5 Å². The molecule has 4 rings (SSSR count). The summed E-state index contributed by atoms with van der Waals surface area (Å²) in [5.74, 6) is -0.281. The molecule has 2 aromatic heterocycles. The van der Waals surface area contributed by atoms with E-state index in [2.05, 4.69) is 15.4 Å². The van der Waals surface area contributed by atoms with Gasteiger partial charge in [0.05, 0.1) is 12.1 Å². The number of rotatable bonds is 5. The van der Waals surface area contributed by atoms with Gasteiger partial charge in [0.2, 0.25) is 11.0 Å². The third-order valence-corrected chi connectivity index (χ3v) is 6.34. The number of amides is 1. The molecule has 0 atom stereocenters. The molecule has 0 bridgehead atoms. The van der Waals surface area contributed by atoms with E-state index in [0.29, 0.717) is 27.1 Å². The molecule has 0 spiro atoms. The Hall–Kier alpha value is -3.16. The number of aromatic amines is 1. The Labute approximate surface area is 188 Å². The molecule has 0 saturated heterocycles. The molecule has 31 heavy (non-hydrogen) atoms. The van der Waals surface area contributed by atoms with Gasteiger partial charge in [-0.05, 0) is 38.5 Å². The Morgan fingerprint density at radius 3 is 2.65 bits per heavy atom. The number of thiazole rings is 1. The van der Waals surface area contributed by atoms with Crippen molar-refractivity contribution in [1.29, 1.82) is 0 Å². The second-order valence-electron chi connectivity index (χ2n) is 7.37. The van der Waals surface area contributed by atoms with Crippen molar-refractivity contribution in [3.8, 4) is 16.4 Å². The van der Waals surface area contributed by atoms with Crippen molar-refractivity contribution >= 4 is 34.5 Å². The lowest BCUT2D eigenvalue weighted by atomic mass is 10.1. The molecule has 0 unspecified atom stereocenters. The first kappa shape index (κ1) is 21.1. The molecule has 1 amide bonds. The van der Waals surface area contributed by atoms with E-state index >= 15 is 0 Å². The van der Waals surface area contributed by atoms with Crippen LogP contribution in [0.4, 0.5) is 5.69 Å². The SMILES string of the molecule is Cc1ccc(-c2csc(-n3[nH]c(C)c(CC(=O)Nc4cccc(Cl)c4C)c3=O)n2)cc1. The number of halogens is 1. The predicted octanol–water partition coefficient (Wildman–Crippen LogP) is 5.05. The minimum Gasteiger partial charge on any atom is -0.326 e. The third kappa shape index (κ3) is 4.33. The standard InChI is InChI=1S/C23H21ClN4O2S/c1-13-7-9-16(10-8-13)20-12-31-23(26-20)28-22(30)17(15(3)27-28)11-21(29)25-19-6-4-5-18(24)14(19)2/h4-10,12,27H,11H2,1-3H3,(H,25,29). The summed E-state index contributed by atoms with van der Waals surface area (Å²) in [4.78, 5) is 30.2. The summed E-state index contributed by atoms with van der Waals surface area (Å²) in [6, 6.07) is 13.4. The summed E-state index contributed by atoms with van der Waals surface area (Å²) in [5, 5.41) is 8.90. The highest BCUT2D eigenvalue weighted by molar-refractivity contribution is 7.12. The van der Waals surface area contributed by atoms with E-state index < -0.39 is 0 Å². The number of aromatic nitrogens is 3. The van der Waals surface area contributed by atoms with Gasteiger partial charge in [-0.15, -0.1) is 11.3 Å². The highest BCUT2D eigenvalue weighted by Gasteiger charge is 2.18. The number of aryl methyl sites for hydroxylation is 2. The molecule has 0 aliphatic heterocycles. The predicted molar refractivity (Wildman–Crippen MR) is 125 cm³/mol. The number of H-pyrrole nitrogens is 1. The average Bonchev–Trinajstić information content (AvgIpc) is 3.32. The zero-order valence-corrected chi connectivity index (χ0v) is 18.9. The Kier molecular flexibility index (Phi) is 5.80. The molecular weight excluding hydrogens is 432 g/mol. The maximum Gasteiger partial charge on any atom is 0.277 e. The van der Waals surface area contributed by atoms with Gasteiger partial charge in [-0.25, -0.2) is 4.98 Å². The molecule has 0 aliphatic carbocycles. The molecule has 0 saturated carbocycles. The van der Waals surface area contributed by atoms with Crippen LogP contribution in [0.25, 0.3) is 16.4 Å². The first-order valence-corrected chi connectivity index (χ1v) is 11.0. The number of carbonyl (C=O) groups is 1. The van der Waals surface area contributed by atoms with E-state index in [1.807, 2.05) is 43.5 Å². The molecular formula is C23H21ClN4O2S. The molecule has 2 aromatic carbocycles. The first-order chi connectivity index (χ1) is 14.8. The number of nitrogens with zero attached hydrogens (tertiary/aromatic N) is 2. The Morgan fingerprint density at radius 1 is 1.16 bits per heavy atom. The van der Waals surface area contributed by atoms with Crippen LogP contribution in [0.5, 0.6) is 0 Å². The number of benzene rings is 2. The van der Waals surface area contributed by atoms with Crippen LogP contribution in [0.3, 0.4) is 0 Å². The Balaban J connectivity index is 1.57. The number of hydrogen-bond donors (Lipinski definition) is 2. The summed E-state index contributed by atoms with van der Waals surface area (Å²) < 4.78 is 1.39. The lowest BCUT2D eigenvalue weighted by molar-refractivity contribution is -0.115. The van der Waals surface area contributed by atoms with Crippen molar-refractivity contribution in [2.45, 2.75) is 27.2 Å². The second-order valence-corrected chi connectivity index (χ2v) is 8.62. The van der Waals surface area contributed by atoms with E-state index in [0.717, 1.165) is 16.8 Å². The van der Waals surface area contributed by atoms with E-state index in [9.17, 15) is 9.59 Å². The topological polar surface area (TPSA) is 79.8 Å². The normalized spacial score (nSPS) is 11.0. The van der Waals surface area contributed by atoms with E-state index in [4.69, 9.17) is 11.6 Å². The maximum absolute atomic E-state index is 13.0. The number of nitrogens with one attached hydrogen (secondary N) is 2. The van der Waals surface area contributed by atoms with Crippen LogP contribution in [0.2, 0.25) is 5.02 Å². The first-order valence-electron chi connectivity index (χ1n) is 9.72. The summed E-state index contributed by atoms with van der Waals surface area (Å²) in [6.45, 7) is 5.64. The van der Waals surface area contributed by atoms with Crippen LogP contribution < -0.4 is 10.9 Å². The number of hydrogen-bond acceptors (Lipinski definition) is 4. The van der Waals surface area contributed by atoms with E-state index in [1.54, 1.807) is 25.1 Å². The second kappa shape index (κ2) is 8.53. The fourth-order valence-electron chi connectivity index (χ4n) is 3.25. The fourth-order valence-corrected chi connectivity index (χ4v) is 4.21. The summed E-state index contributed by atoms with van der Waals surface area (Å²) in [6.07, 6.45) is -0.0453. The van der Waals surface area contributed by atoms with Crippen molar-refractivity contribution < 1.29 is 4.79 Å². The third-order valence-electron chi connectivity index (χ3n) is 5.10. The summed E-state index contributed by atoms with van der Waals surface area (Å²) in [7, 11) is 0. The van der Waals surface area contributed by atoms with Gasteiger partial charge >= 0.3 is 0 Å². The summed E-state index contributed by atoms with van der Waals surface area (Å²) >= 11 is 7.49. The van der Waals surface area contributed by atoms with Gasteiger partial charge < -0.3 is 5.32 Å². The van der Waals surface area contributed by atoms with Crippen LogP contribution in [0.15, 0.2) is 52.6 Å². The molecule has 158 valence electrons. The molecule has 8 heteroatoms. The average molecular weight is 453 g/mol. The Morgan fingerprint density at radius 2 is 1.90 bits per heavy atom. The van der Waals surface area contributed by atoms with Gasteiger partial charge in [0.1, 0.15) is 0 Å². The number of carbonyl (C=O) groups excluding carboxylic acids is 1. The largest absolute Gasteiger partial charge is 0.326 e. The van der Waals surface area contributed by atoms with Gasteiger partial charge in [-0.3, -0.25) is 14.7 Å². The van der Waals surface area contributed by atoms with Crippen LogP contribution in [0, 0.1) is 20.8 Å². The Bertz CT molecular complexity index is 1320. The van der Waals surface area contributed by atoms with Crippen molar-refractivity contribution in [3.63, 3.8) is 0 Å². The van der Waals surface area contributed by atoms with Crippen LogP contribution >= 0.6 is 22.9 Å². The van der Waals surface area contributed by atoms with Crippen molar-refractivity contribution in [2.24, 2.45) is 0 Å². The maximum atomic E-state index is 13.0. The van der Waals surface area contributed by atoms with Crippen LogP contribution in [0.1, 0.15) is 22.4 Å². The van der Waals surface area contributed by atoms with Crippen molar-refractivity contribution in [3.05, 3.63) is 85.6 Å². The highest BCUT2D eigenvalue weighted by Crippen LogP contribution is 2.25. The number of anilines is 1. The van der Waals surface area contributed by atoms with Gasteiger partial charge in [0.25, 0.3) is 5.56 Å². The zero-order chi connectivity index (χ0) is 22.1. The molecule has 2 heterocycles. The minimum atomic E-state index is -0.281. The fraction of sp³-hybridized carbons (Fsp3) is 0.174. The molecule has 6 nitrogen and oxygen atoms in total. The van der Waals surface area contributed by atoms with Gasteiger partial charge in [0.15, 0.2) is 0 Å². The quantitative estimate of drug-likeness (QED) is 0.444. The summed E-state index contributed by atoms with van der Waals surface area (Å²) in [5.41, 5.74) is 5.14. The molecule has 4 aromatic rings.